The molecule has 2 aromatic rings. The first-order valence-electron chi connectivity index (χ1n) is 10.7. The topological polar surface area (TPSA) is 93.6 Å². The number of fused-ring (bicyclic) bond motifs is 1. The number of aliphatic carboxylic acids is 1. The van der Waals surface area contributed by atoms with Gasteiger partial charge in [-0.3, -0.25) is 9.58 Å². The summed E-state index contributed by atoms with van der Waals surface area (Å²) in [4.78, 5) is 11.4. The van der Waals surface area contributed by atoms with Crippen molar-refractivity contribution in [3.05, 3.63) is 34.5 Å². The number of carboxylic acids is 1. The lowest BCUT2D eigenvalue weighted by atomic mass is 9.99. The number of hydrogen-bond donors (Lipinski definition) is 1. The summed E-state index contributed by atoms with van der Waals surface area (Å²) in [5.41, 5.74) is 4.90. The fourth-order valence-electron chi connectivity index (χ4n) is 3.79. The van der Waals surface area contributed by atoms with E-state index in [9.17, 15) is 13.2 Å². The van der Waals surface area contributed by atoms with Crippen molar-refractivity contribution in [1.29, 1.82) is 0 Å². The summed E-state index contributed by atoms with van der Waals surface area (Å²) in [5.74, 6) is -1.05. The Labute approximate surface area is 184 Å². The van der Waals surface area contributed by atoms with Crippen LogP contribution in [0.5, 0.6) is 0 Å². The molecule has 32 heavy (non-hydrogen) atoms. The SMILES string of the molecule is CCn1ncc2c1C(COCC1CC1)N(Cc1c(C)noc1C)CC2.O=C(O)C(F)(F)F. The van der Waals surface area contributed by atoms with Crippen LogP contribution in [0.3, 0.4) is 0 Å². The lowest BCUT2D eigenvalue weighted by Gasteiger charge is -2.36. The summed E-state index contributed by atoms with van der Waals surface area (Å²) in [7, 11) is 0. The molecule has 0 amide bonds. The Morgan fingerprint density at radius 2 is 2.00 bits per heavy atom. The number of halogens is 3. The van der Waals surface area contributed by atoms with Crippen LogP contribution in [-0.2, 0) is 29.0 Å². The number of hydrogen-bond acceptors (Lipinski definition) is 6. The summed E-state index contributed by atoms with van der Waals surface area (Å²) >= 11 is 0. The van der Waals surface area contributed by atoms with Crippen LogP contribution in [0.1, 0.15) is 54.1 Å². The lowest BCUT2D eigenvalue weighted by molar-refractivity contribution is -0.192. The smallest absolute Gasteiger partial charge is 0.475 e. The number of nitrogens with zero attached hydrogens (tertiary/aromatic N) is 4. The van der Waals surface area contributed by atoms with Crippen LogP contribution in [-0.4, -0.2) is 56.8 Å². The van der Waals surface area contributed by atoms with E-state index in [2.05, 4.69) is 26.8 Å². The van der Waals surface area contributed by atoms with Gasteiger partial charge in [-0.2, -0.15) is 18.3 Å². The maximum absolute atomic E-state index is 10.6. The van der Waals surface area contributed by atoms with Crippen LogP contribution < -0.4 is 0 Å². The molecular weight excluding hydrogens is 429 g/mol. The summed E-state index contributed by atoms with van der Waals surface area (Å²) in [6.45, 7) is 10.6. The molecule has 4 rings (SSSR count). The first kappa shape index (κ1) is 24.2. The summed E-state index contributed by atoms with van der Waals surface area (Å²) in [6, 6.07) is 0.249. The highest BCUT2D eigenvalue weighted by Crippen LogP contribution is 2.34. The molecule has 11 heteroatoms. The fraction of sp³-hybridized carbons (Fsp3) is 0.667. The minimum Gasteiger partial charge on any atom is -0.475 e. The molecular formula is C21H29F3N4O4. The largest absolute Gasteiger partial charge is 0.490 e. The molecule has 1 unspecified atom stereocenters. The minimum absolute atomic E-state index is 0.249. The van der Waals surface area contributed by atoms with E-state index in [1.165, 1.54) is 29.7 Å². The van der Waals surface area contributed by atoms with Gasteiger partial charge < -0.3 is 14.4 Å². The monoisotopic (exact) mass is 458 g/mol. The molecule has 8 nitrogen and oxygen atoms in total. The number of ether oxygens (including phenoxy) is 1. The number of aryl methyl sites for hydroxylation is 3. The van der Waals surface area contributed by atoms with Crippen molar-refractivity contribution >= 4 is 5.97 Å². The van der Waals surface area contributed by atoms with Crippen LogP contribution >= 0.6 is 0 Å². The summed E-state index contributed by atoms with van der Waals surface area (Å²) < 4.78 is 45.4. The molecule has 1 atom stereocenters. The molecule has 0 radical (unpaired) electrons. The van der Waals surface area contributed by atoms with E-state index >= 15 is 0 Å². The molecule has 1 N–H and O–H groups in total. The van der Waals surface area contributed by atoms with Crippen LogP contribution in [0.2, 0.25) is 0 Å². The molecule has 0 saturated heterocycles. The highest BCUT2D eigenvalue weighted by molar-refractivity contribution is 5.73. The van der Waals surface area contributed by atoms with Gasteiger partial charge in [0, 0.05) is 31.8 Å². The van der Waals surface area contributed by atoms with Gasteiger partial charge >= 0.3 is 12.1 Å². The first-order valence-corrected chi connectivity index (χ1v) is 10.7. The predicted octanol–water partition coefficient (Wildman–Crippen LogP) is 3.67. The zero-order valence-corrected chi connectivity index (χ0v) is 18.5. The average Bonchev–Trinajstić information content (AvgIpc) is 3.38. The minimum atomic E-state index is -5.08. The lowest BCUT2D eigenvalue weighted by Crippen LogP contribution is -2.39. The molecule has 2 aromatic heterocycles. The Balaban J connectivity index is 0.000000360. The summed E-state index contributed by atoms with van der Waals surface area (Å²) in [6.07, 6.45) is 0.648. The van der Waals surface area contributed by atoms with E-state index in [1.807, 2.05) is 20.0 Å². The third-order valence-electron chi connectivity index (χ3n) is 5.80. The Bertz CT molecular complexity index is 888. The van der Waals surface area contributed by atoms with Gasteiger partial charge in [0.15, 0.2) is 0 Å². The van der Waals surface area contributed by atoms with E-state index < -0.39 is 12.1 Å². The Morgan fingerprint density at radius 1 is 1.31 bits per heavy atom. The van der Waals surface area contributed by atoms with Crippen LogP contribution in [0.25, 0.3) is 0 Å². The molecule has 2 aliphatic rings. The third-order valence-corrected chi connectivity index (χ3v) is 5.80. The standard InChI is InChI=1S/C19H28N4O2.C2HF3O2/c1-4-23-19-16(9-20-23)7-8-22(10-17-13(2)21-25-14(17)3)18(19)12-24-11-15-5-6-15;3-2(4,5)1(6)7/h9,15,18H,4-8,10-12H2,1-3H3;(H,6,7). The van der Waals surface area contributed by atoms with E-state index in [0.29, 0.717) is 0 Å². The zero-order chi connectivity index (χ0) is 23.5. The molecule has 0 aromatic carbocycles. The number of rotatable bonds is 7. The van der Waals surface area contributed by atoms with Gasteiger partial charge in [-0.05, 0) is 51.5 Å². The molecule has 1 aliphatic heterocycles. The number of alkyl halides is 3. The Morgan fingerprint density at radius 3 is 2.53 bits per heavy atom. The molecule has 1 saturated carbocycles. The van der Waals surface area contributed by atoms with Crippen molar-refractivity contribution in [2.45, 2.75) is 65.3 Å². The van der Waals surface area contributed by atoms with Crippen molar-refractivity contribution in [3.8, 4) is 0 Å². The quantitative estimate of drug-likeness (QED) is 0.677. The highest BCUT2D eigenvalue weighted by atomic mass is 19.4. The second-order valence-electron chi connectivity index (χ2n) is 8.19. The zero-order valence-electron chi connectivity index (χ0n) is 18.5. The summed E-state index contributed by atoms with van der Waals surface area (Å²) in [5, 5.41) is 15.8. The van der Waals surface area contributed by atoms with Crippen molar-refractivity contribution in [1.82, 2.24) is 19.8 Å². The van der Waals surface area contributed by atoms with Gasteiger partial charge in [-0.1, -0.05) is 5.16 Å². The fourth-order valence-corrected chi connectivity index (χ4v) is 3.79. The third kappa shape index (κ3) is 5.89. The van der Waals surface area contributed by atoms with Crippen molar-refractivity contribution in [3.63, 3.8) is 0 Å². The highest BCUT2D eigenvalue weighted by Gasteiger charge is 2.38. The van der Waals surface area contributed by atoms with Crippen LogP contribution in [0, 0.1) is 19.8 Å². The van der Waals surface area contributed by atoms with Gasteiger partial charge in [0.2, 0.25) is 0 Å². The first-order chi connectivity index (χ1) is 15.1. The van der Waals surface area contributed by atoms with Crippen molar-refractivity contribution < 1.29 is 32.3 Å². The van der Waals surface area contributed by atoms with E-state index in [0.717, 1.165) is 56.6 Å². The number of carbonyl (C=O) groups is 1. The van der Waals surface area contributed by atoms with E-state index in [4.69, 9.17) is 19.2 Å². The second kappa shape index (κ2) is 10.0. The molecule has 1 fully saturated rings. The van der Waals surface area contributed by atoms with Gasteiger partial charge in [-0.25, -0.2) is 4.79 Å². The molecule has 3 heterocycles. The Hall–Kier alpha value is -2.40. The van der Waals surface area contributed by atoms with E-state index in [1.54, 1.807) is 0 Å². The van der Waals surface area contributed by atoms with Crippen molar-refractivity contribution in [2.24, 2.45) is 5.92 Å². The normalized spacial score (nSPS) is 18.8. The molecule has 178 valence electrons. The van der Waals surface area contributed by atoms with Gasteiger partial charge in [0.25, 0.3) is 0 Å². The Kier molecular flexibility index (Phi) is 7.60. The maximum Gasteiger partial charge on any atom is 0.490 e. The van der Waals surface area contributed by atoms with Gasteiger partial charge in [-0.15, -0.1) is 0 Å². The van der Waals surface area contributed by atoms with Crippen molar-refractivity contribution in [2.75, 3.05) is 19.8 Å². The predicted molar refractivity (Wildman–Crippen MR) is 108 cm³/mol. The van der Waals surface area contributed by atoms with Crippen LogP contribution in [0.4, 0.5) is 13.2 Å². The maximum atomic E-state index is 10.6. The van der Waals surface area contributed by atoms with E-state index in [-0.39, 0.29) is 6.04 Å². The molecule has 0 bridgehead atoms. The molecule has 0 spiro atoms. The van der Waals surface area contributed by atoms with Gasteiger partial charge in [0.1, 0.15) is 5.76 Å². The molecule has 1 aliphatic carbocycles. The number of carboxylic acid groups (broad SMARTS) is 1. The second-order valence-corrected chi connectivity index (χ2v) is 8.19. The van der Waals surface area contributed by atoms with Crippen LogP contribution in [0.15, 0.2) is 10.7 Å². The van der Waals surface area contributed by atoms with Gasteiger partial charge in [0.05, 0.1) is 30.2 Å². The number of aromatic nitrogens is 3. The average molecular weight is 458 g/mol.